The van der Waals surface area contributed by atoms with E-state index in [9.17, 15) is 0 Å². The quantitative estimate of drug-likeness (QED) is 0.235. The molecule has 0 bridgehead atoms. The Labute approximate surface area is 60.1 Å². The van der Waals surface area contributed by atoms with Gasteiger partial charge in [0.2, 0.25) is 0 Å². The van der Waals surface area contributed by atoms with Crippen molar-refractivity contribution in [3.05, 3.63) is 0 Å². The molecule has 1 atom stereocenters. The fraction of sp³-hybridized carbons (Fsp3) is 0.833. The second-order valence-electron chi connectivity index (χ2n) is 2.63. The fourth-order valence-corrected chi connectivity index (χ4v) is 1.17. The first-order valence-corrected chi connectivity index (χ1v) is 3.47. The number of aliphatic hydroxyl groups is 1. The first kappa shape index (κ1) is 7.50. The molecule has 0 aromatic heterocycles. The molecule has 0 aromatic carbocycles. The topological polar surface area (TPSA) is 76.0 Å². The average molecular weight is 143 g/mol. The number of β-amino-alcohol motifs (C(OH)–C–C–N with tert-alkyl or cyclic N) is 1. The summed E-state index contributed by atoms with van der Waals surface area (Å²) in [6.45, 7) is 1.34. The SMILES string of the molecule is N=C(N)[N+]1CCCC(O)C1. The molecule has 1 aliphatic heterocycles. The van der Waals surface area contributed by atoms with Crippen molar-refractivity contribution < 1.29 is 5.11 Å². The molecule has 0 saturated carbocycles. The van der Waals surface area contributed by atoms with Gasteiger partial charge in [-0.1, -0.05) is 4.90 Å². The van der Waals surface area contributed by atoms with E-state index in [0.29, 0.717) is 6.54 Å². The van der Waals surface area contributed by atoms with E-state index in [-0.39, 0.29) is 12.1 Å². The normalized spacial score (nSPS) is 28.3. The summed E-state index contributed by atoms with van der Waals surface area (Å²) in [5.41, 5.74) is 5.23. The van der Waals surface area contributed by atoms with Gasteiger partial charge in [-0.05, 0) is 6.42 Å². The molecule has 4 N–H and O–H groups in total. The predicted molar refractivity (Wildman–Crippen MR) is 39.0 cm³/mol. The number of hydrogen-bond donors (Lipinski definition) is 3. The van der Waals surface area contributed by atoms with Crippen molar-refractivity contribution in [1.29, 1.82) is 5.41 Å². The van der Waals surface area contributed by atoms with Gasteiger partial charge in [0.15, 0.2) is 6.54 Å². The highest BCUT2D eigenvalue weighted by atomic mass is 16.3. The maximum atomic E-state index is 9.13. The van der Waals surface area contributed by atoms with Crippen molar-refractivity contribution in [2.45, 2.75) is 18.9 Å². The third kappa shape index (κ3) is 1.68. The smallest absolute Gasteiger partial charge is 0.341 e. The fourth-order valence-electron chi connectivity index (χ4n) is 1.17. The molecule has 0 aliphatic carbocycles. The largest absolute Gasteiger partial charge is 0.387 e. The Bertz CT molecular complexity index is 137. The van der Waals surface area contributed by atoms with Crippen molar-refractivity contribution >= 4 is 5.96 Å². The highest BCUT2D eigenvalue weighted by molar-refractivity contribution is 5.77. The molecule has 4 nitrogen and oxygen atoms in total. The number of piperidine rings is 1. The van der Waals surface area contributed by atoms with Crippen LogP contribution in [-0.4, -0.2) is 30.3 Å². The van der Waals surface area contributed by atoms with Crippen LogP contribution in [0.1, 0.15) is 12.8 Å². The number of nitrogens with zero attached hydrogens (tertiary/aromatic N) is 1. The Morgan fingerprint density at radius 2 is 2.40 bits per heavy atom. The standard InChI is InChI=1S/C6H13N3O/c7-6(8)9-3-1-2-5(10)4-9/h5,10H,1-4H2,(H3,7,8)/q+1. The zero-order valence-electron chi connectivity index (χ0n) is 5.88. The highest BCUT2D eigenvalue weighted by Gasteiger charge is 2.28. The van der Waals surface area contributed by atoms with Crippen LogP contribution < -0.4 is 10.6 Å². The first-order chi connectivity index (χ1) is 4.70. The summed E-state index contributed by atoms with van der Waals surface area (Å²) >= 11 is 0. The van der Waals surface area contributed by atoms with E-state index >= 15 is 0 Å². The predicted octanol–water partition coefficient (Wildman–Crippen LogP) is -0.825. The number of rotatable bonds is 0. The average Bonchev–Trinajstić information content (AvgIpc) is 1.88. The van der Waals surface area contributed by atoms with Gasteiger partial charge in [-0.15, -0.1) is 0 Å². The molecule has 1 rings (SSSR count). The van der Waals surface area contributed by atoms with E-state index in [1.54, 1.807) is 4.90 Å². The van der Waals surface area contributed by atoms with Crippen LogP contribution in [0.5, 0.6) is 0 Å². The van der Waals surface area contributed by atoms with E-state index < -0.39 is 0 Å². The molecule has 1 fully saturated rings. The highest BCUT2D eigenvalue weighted by Crippen LogP contribution is 2.05. The number of hydrogen-bond acceptors (Lipinski definition) is 2. The van der Waals surface area contributed by atoms with Crippen LogP contribution in [0.4, 0.5) is 0 Å². The lowest BCUT2D eigenvalue weighted by Gasteiger charge is -2.18. The van der Waals surface area contributed by atoms with Crippen LogP contribution in [0.3, 0.4) is 0 Å². The summed E-state index contributed by atoms with van der Waals surface area (Å²) in [7, 11) is 0. The zero-order valence-corrected chi connectivity index (χ0v) is 5.88. The molecule has 1 radical (unpaired) electrons. The van der Waals surface area contributed by atoms with E-state index in [0.717, 1.165) is 19.4 Å². The number of likely N-dealkylation sites (tertiary alicyclic amines) is 1. The van der Waals surface area contributed by atoms with Crippen LogP contribution in [0.25, 0.3) is 0 Å². The molecule has 1 saturated heterocycles. The van der Waals surface area contributed by atoms with Crippen LogP contribution in [0.15, 0.2) is 0 Å². The van der Waals surface area contributed by atoms with E-state index in [1.165, 1.54) is 0 Å². The second kappa shape index (κ2) is 2.98. The minimum Gasteiger partial charge on any atom is -0.387 e. The van der Waals surface area contributed by atoms with Gasteiger partial charge in [-0.3, -0.25) is 0 Å². The summed E-state index contributed by atoms with van der Waals surface area (Å²) < 4.78 is 0. The maximum Gasteiger partial charge on any atom is 0.341 e. The molecule has 4 heteroatoms. The molecular formula is C6H13N3O+. The number of nitrogens with two attached hydrogens (primary N) is 1. The summed E-state index contributed by atoms with van der Waals surface area (Å²) in [5.74, 6) is 0.0683. The van der Waals surface area contributed by atoms with Crippen molar-refractivity contribution in [1.82, 2.24) is 4.90 Å². The van der Waals surface area contributed by atoms with Crippen LogP contribution in [0.2, 0.25) is 0 Å². The molecule has 57 valence electrons. The lowest BCUT2D eigenvalue weighted by Crippen LogP contribution is -2.49. The minimum atomic E-state index is -0.294. The maximum absolute atomic E-state index is 9.13. The molecule has 10 heavy (non-hydrogen) atoms. The van der Waals surface area contributed by atoms with Crippen molar-refractivity contribution in [3.63, 3.8) is 0 Å². The van der Waals surface area contributed by atoms with Crippen LogP contribution >= 0.6 is 0 Å². The Hall–Kier alpha value is -0.610. The Kier molecular flexibility index (Phi) is 2.24. The number of nitrogens with one attached hydrogen (secondary N) is 1. The third-order valence-corrected chi connectivity index (χ3v) is 1.74. The van der Waals surface area contributed by atoms with Gasteiger partial charge in [0, 0.05) is 6.42 Å². The summed E-state index contributed by atoms with van der Waals surface area (Å²) in [6, 6.07) is 0. The van der Waals surface area contributed by atoms with Crippen molar-refractivity contribution in [2.75, 3.05) is 13.1 Å². The van der Waals surface area contributed by atoms with Gasteiger partial charge in [0.25, 0.3) is 0 Å². The zero-order chi connectivity index (χ0) is 7.56. The molecule has 1 unspecified atom stereocenters. The molecule has 0 spiro atoms. The summed E-state index contributed by atoms with van der Waals surface area (Å²) in [5, 5.41) is 16.2. The van der Waals surface area contributed by atoms with Gasteiger partial charge >= 0.3 is 5.96 Å². The molecule has 1 aliphatic rings. The van der Waals surface area contributed by atoms with Gasteiger partial charge in [0.05, 0.1) is 0 Å². The Balaban J connectivity index is 2.39. The van der Waals surface area contributed by atoms with E-state index in [1.807, 2.05) is 0 Å². The van der Waals surface area contributed by atoms with Gasteiger partial charge in [-0.2, -0.15) is 0 Å². The summed E-state index contributed by atoms with van der Waals surface area (Å²) in [4.78, 5) is 1.69. The molecular weight excluding hydrogens is 130 g/mol. The monoisotopic (exact) mass is 143 g/mol. The number of guanidine groups is 1. The van der Waals surface area contributed by atoms with Crippen LogP contribution in [-0.2, 0) is 0 Å². The summed E-state index contributed by atoms with van der Waals surface area (Å²) in [6.07, 6.45) is 1.47. The minimum absolute atomic E-state index is 0.0683. The Morgan fingerprint density at radius 3 is 2.80 bits per heavy atom. The Morgan fingerprint density at radius 1 is 1.70 bits per heavy atom. The number of aliphatic hydroxyl groups excluding tert-OH is 1. The van der Waals surface area contributed by atoms with Gasteiger partial charge in [0.1, 0.15) is 12.6 Å². The molecule has 1 heterocycles. The van der Waals surface area contributed by atoms with E-state index in [2.05, 4.69) is 0 Å². The van der Waals surface area contributed by atoms with E-state index in [4.69, 9.17) is 16.2 Å². The van der Waals surface area contributed by atoms with Crippen molar-refractivity contribution in [2.24, 2.45) is 5.73 Å². The van der Waals surface area contributed by atoms with Crippen LogP contribution in [0, 0.1) is 5.41 Å². The molecule has 0 amide bonds. The first-order valence-electron chi connectivity index (χ1n) is 3.47. The van der Waals surface area contributed by atoms with Gasteiger partial charge < -0.3 is 10.8 Å². The lowest BCUT2D eigenvalue weighted by atomic mass is 10.1. The van der Waals surface area contributed by atoms with Gasteiger partial charge in [-0.25, -0.2) is 5.41 Å². The third-order valence-electron chi connectivity index (χ3n) is 1.74. The molecule has 0 aromatic rings. The second-order valence-corrected chi connectivity index (χ2v) is 2.63. The van der Waals surface area contributed by atoms with Crippen molar-refractivity contribution in [3.8, 4) is 0 Å². The lowest BCUT2D eigenvalue weighted by molar-refractivity contribution is 0.128.